The quantitative estimate of drug-likeness (QED) is 0.529. The van der Waals surface area contributed by atoms with Crippen LogP contribution in [0.25, 0.3) is 0 Å². The monoisotopic (exact) mass is 495 g/mol. The lowest BCUT2D eigenvalue weighted by Gasteiger charge is -2.30. The number of rotatable bonds is 8. The van der Waals surface area contributed by atoms with Gasteiger partial charge >= 0.3 is 6.01 Å². The van der Waals surface area contributed by atoms with E-state index in [4.69, 9.17) is 9.57 Å². The summed E-state index contributed by atoms with van der Waals surface area (Å²) in [5.74, 6) is 0.456. The van der Waals surface area contributed by atoms with Gasteiger partial charge < -0.3 is 19.9 Å². The molecule has 0 spiro atoms. The Balaban J connectivity index is 2.03. The Bertz CT molecular complexity index is 1120. The first-order valence-corrected chi connectivity index (χ1v) is 12.1. The summed E-state index contributed by atoms with van der Waals surface area (Å²) in [6.07, 6.45) is 1.77. The van der Waals surface area contributed by atoms with Gasteiger partial charge in [-0.25, -0.2) is 5.48 Å². The predicted molar refractivity (Wildman–Crippen MR) is 140 cm³/mol. The molecular formula is C26H37N7O3. The fourth-order valence-electron chi connectivity index (χ4n) is 4.17. The highest BCUT2D eigenvalue weighted by atomic mass is 16.6. The number of hydrogen-bond acceptors (Lipinski definition) is 9. The van der Waals surface area contributed by atoms with Crippen molar-refractivity contribution in [1.82, 2.24) is 20.3 Å². The minimum atomic E-state index is -0.374. The third kappa shape index (κ3) is 7.06. The first kappa shape index (κ1) is 27.2. The minimum absolute atomic E-state index is 0.00515. The number of aromatic nitrogens is 2. The average molecular weight is 496 g/mol. The number of carbonyl (C=O) groups is 1. The van der Waals surface area contributed by atoms with E-state index in [2.05, 4.69) is 59.6 Å². The first-order valence-electron chi connectivity index (χ1n) is 12.1. The van der Waals surface area contributed by atoms with E-state index < -0.39 is 0 Å². The van der Waals surface area contributed by atoms with Crippen molar-refractivity contribution in [1.29, 1.82) is 5.26 Å². The smallest absolute Gasteiger partial charge is 0.320 e. The maximum Gasteiger partial charge on any atom is 0.320 e. The Kier molecular flexibility index (Phi) is 8.71. The van der Waals surface area contributed by atoms with Gasteiger partial charge in [-0.3, -0.25) is 9.63 Å². The Hall–Kier alpha value is -3.42. The largest absolute Gasteiger partial charge is 0.460 e. The molecule has 1 aromatic heterocycles. The lowest BCUT2D eigenvalue weighted by atomic mass is 9.96. The topological polar surface area (TPSA) is 116 Å². The molecule has 1 saturated heterocycles. The molecule has 194 valence electrons. The number of likely N-dealkylation sites (tertiary alicyclic amines) is 1. The van der Waals surface area contributed by atoms with Gasteiger partial charge in [0.1, 0.15) is 17.7 Å². The number of nitriles is 1. The summed E-state index contributed by atoms with van der Waals surface area (Å²) in [6, 6.07) is 7.73. The molecular weight excluding hydrogens is 458 g/mol. The number of benzene rings is 1. The van der Waals surface area contributed by atoms with Crippen LogP contribution < -0.4 is 20.4 Å². The van der Waals surface area contributed by atoms with Gasteiger partial charge in [-0.2, -0.15) is 15.2 Å². The first-order chi connectivity index (χ1) is 17.0. The summed E-state index contributed by atoms with van der Waals surface area (Å²) in [4.78, 5) is 30.5. The molecule has 1 fully saturated rings. The zero-order chi connectivity index (χ0) is 26.5. The molecule has 0 radical (unpaired) electrons. The van der Waals surface area contributed by atoms with E-state index in [-0.39, 0.29) is 23.4 Å². The number of nitrogens with zero attached hydrogens (tertiary/aromatic N) is 5. The van der Waals surface area contributed by atoms with E-state index in [0.29, 0.717) is 35.0 Å². The lowest BCUT2D eigenvalue weighted by Crippen LogP contribution is -2.36. The number of carbonyl (C=O) groups excluding carboxylic acids is 1. The van der Waals surface area contributed by atoms with Crippen molar-refractivity contribution in [3.8, 4) is 12.1 Å². The maximum absolute atomic E-state index is 12.3. The highest BCUT2D eigenvalue weighted by Gasteiger charge is 2.25. The van der Waals surface area contributed by atoms with Crippen molar-refractivity contribution in [3.05, 3.63) is 34.9 Å². The van der Waals surface area contributed by atoms with Gasteiger partial charge in [0.05, 0.1) is 7.11 Å². The molecule has 1 aromatic carbocycles. The number of anilines is 3. The Morgan fingerprint density at radius 3 is 2.58 bits per heavy atom. The molecule has 36 heavy (non-hydrogen) atoms. The third-order valence-electron chi connectivity index (χ3n) is 5.94. The zero-order valence-corrected chi connectivity index (χ0v) is 22.3. The van der Waals surface area contributed by atoms with Gasteiger partial charge in [0.2, 0.25) is 0 Å². The Morgan fingerprint density at radius 1 is 1.28 bits per heavy atom. The summed E-state index contributed by atoms with van der Waals surface area (Å²) in [5, 5.41) is 13.4. The Labute approximate surface area is 213 Å². The van der Waals surface area contributed by atoms with Crippen LogP contribution in [0, 0.1) is 23.7 Å². The predicted octanol–water partition coefficient (Wildman–Crippen LogP) is 3.65. The summed E-state index contributed by atoms with van der Waals surface area (Å²) < 4.78 is 6.22. The Morgan fingerprint density at radius 2 is 1.97 bits per heavy atom. The standard InChI is InChI=1S/C26H37N7O3/c1-17-8-9-18(24(34)31-35-7)14-21(17)28-22-20(15-27)23(33(6)16-26(2,3)4)30-25(29-22)36-19-10-12-32(5)13-11-19/h8-9,14,19H,10-13,16H2,1-7H3,(H,31,34)(H,28,29,30). The molecule has 10 heteroatoms. The summed E-state index contributed by atoms with van der Waals surface area (Å²) in [6.45, 7) is 10.9. The molecule has 1 aliphatic heterocycles. The van der Waals surface area contributed by atoms with Gasteiger partial charge in [-0.15, -0.1) is 0 Å². The fourth-order valence-corrected chi connectivity index (χ4v) is 4.17. The minimum Gasteiger partial charge on any atom is -0.460 e. The van der Waals surface area contributed by atoms with Crippen LogP contribution >= 0.6 is 0 Å². The van der Waals surface area contributed by atoms with E-state index in [0.717, 1.165) is 31.5 Å². The summed E-state index contributed by atoms with van der Waals surface area (Å²) in [5.41, 5.74) is 4.55. The van der Waals surface area contributed by atoms with Gasteiger partial charge in [0.15, 0.2) is 11.6 Å². The third-order valence-corrected chi connectivity index (χ3v) is 5.94. The summed E-state index contributed by atoms with van der Waals surface area (Å²) >= 11 is 0. The molecule has 0 atom stereocenters. The second-order valence-corrected chi connectivity index (χ2v) is 10.5. The highest BCUT2D eigenvalue weighted by Crippen LogP contribution is 2.32. The average Bonchev–Trinajstić information content (AvgIpc) is 2.80. The molecule has 2 heterocycles. The molecule has 0 unspecified atom stereocenters. The van der Waals surface area contributed by atoms with Crippen LogP contribution in [0.5, 0.6) is 6.01 Å². The van der Waals surface area contributed by atoms with E-state index in [9.17, 15) is 10.1 Å². The van der Waals surface area contributed by atoms with Gasteiger partial charge in [-0.05, 0) is 49.9 Å². The van der Waals surface area contributed by atoms with Crippen LogP contribution in [-0.4, -0.2) is 67.7 Å². The SMILES string of the molecule is CONC(=O)c1ccc(C)c(Nc2nc(OC3CCN(C)CC3)nc(N(C)CC(C)(C)C)c2C#N)c1. The number of hydrogen-bond donors (Lipinski definition) is 2. The van der Waals surface area contributed by atoms with E-state index in [1.807, 2.05) is 24.9 Å². The maximum atomic E-state index is 12.3. The van der Waals surface area contributed by atoms with Crippen LogP contribution in [0.4, 0.5) is 17.3 Å². The number of amides is 1. The van der Waals surface area contributed by atoms with Crippen molar-refractivity contribution in [2.75, 3.05) is 51.1 Å². The van der Waals surface area contributed by atoms with Crippen molar-refractivity contribution in [2.45, 2.75) is 46.6 Å². The van der Waals surface area contributed by atoms with Crippen LogP contribution in [0.15, 0.2) is 18.2 Å². The van der Waals surface area contributed by atoms with E-state index >= 15 is 0 Å². The van der Waals surface area contributed by atoms with Crippen LogP contribution in [0.1, 0.15) is 55.1 Å². The fraction of sp³-hybridized carbons (Fsp3) is 0.538. The number of aryl methyl sites for hydroxylation is 1. The molecule has 0 saturated carbocycles. The van der Waals surface area contributed by atoms with Crippen molar-refractivity contribution in [3.63, 3.8) is 0 Å². The van der Waals surface area contributed by atoms with Gasteiger partial charge in [0.25, 0.3) is 5.91 Å². The van der Waals surface area contributed by atoms with Crippen molar-refractivity contribution >= 4 is 23.2 Å². The van der Waals surface area contributed by atoms with Crippen molar-refractivity contribution in [2.24, 2.45) is 5.41 Å². The summed E-state index contributed by atoms with van der Waals surface area (Å²) in [7, 11) is 5.39. The van der Waals surface area contributed by atoms with Crippen LogP contribution in [-0.2, 0) is 4.84 Å². The lowest BCUT2D eigenvalue weighted by molar-refractivity contribution is 0.0537. The van der Waals surface area contributed by atoms with E-state index in [1.54, 1.807) is 12.1 Å². The van der Waals surface area contributed by atoms with Gasteiger partial charge in [0, 0.05) is 37.9 Å². The van der Waals surface area contributed by atoms with Crippen LogP contribution in [0.2, 0.25) is 0 Å². The van der Waals surface area contributed by atoms with Crippen LogP contribution in [0.3, 0.4) is 0 Å². The molecule has 10 nitrogen and oxygen atoms in total. The molecule has 3 rings (SSSR count). The molecule has 2 N–H and O–H groups in total. The molecule has 2 aromatic rings. The second-order valence-electron chi connectivity index (χ2n) is 10.5. The number of hydroxylamine groups is 1. The molecule has 1 aliphatic rings. The number of nitrogens with one attached hydrogen (secondary N) is 2. The number of piperidine rings is 1. The molecule has 0 aliphatic carbocycles. The van der Waals surface area contributed by atoms with Gasteiger partial charge in [-0.1, -0.05) is 26.8 Å². The van der Waals surface area contributed by atoms with E-state index in [1.165, 1.54) is 7.11 Å². The number of ether oxygens (including phenoxy) is 1. The van der Waals surface area contributed by atoms with Crippen molar-refractivity contribution < 1.29 is 14.4 Å². The molecule has 1 amide bonds. The normalized spacial score (nSPS) is 14.7. The second kappa shape index (κ2) is 11.5. The molecule has 0 bridgehead atoms. The zero-order valence-electron chi connectivity index (χ0n) is 22.3. The highest BCUT2D eigenvalue weighted by molar-refractivity contribution is 5.95.